The molecule has 0 bridgehead atoms. The van der Waals surface area contributed by atoms with E-state index < -0.39 is 33.8 Å². The third-order valence-electron chi connectivity index (χ3n) is 2.10. The van der Waals surface area contributed by atoms with E-state index in [2.05, 4.69) is 4.18 Å². The number of alkyl halides is 3. The molecule has 0 heterocycles. The largest absolute Gasteiger partial charge is 0.534 e. The Morgan fingerprint density at radius 2 is 1.81 bits per heavy atom. The van der Waals surface area contributed by atoms with Gasteiger partial charge in [0.15, 0.2) is 0 Å². The highest BCUT2D eigenvalue weighted by Crippen LogP contribution is 2.30. The number of carboxylic acids is 1. The first-order valence-electron chi connectivity index (χ1n) is 5.54. The summed E-state index contributed by atoms with van der Waals surface area (Å²) in [5.74, 6) is -1.91. The quantitative estimate of drug-likeness (QED) is 0.634. The minimum atomic E-state index is -5.83. The topological polar surface area (TPSA) is 89.9 Å². The maximum absolute atomic E-state index is 12.2. The molecule has 10 heteroatoms. The summed E-state index contributed by atoms with van der Waals surface area (Å²) in [6, 6.07) is 3.09. The van der Waals surface area contributed by atoms with Gasteiger partial charge in [0.05, 0.1) is 13.0 Å². The monoisotopic (exact) mass is 328 g/mol. The maximum Gasteiger partial charge on any atom is 0.534 e. The van der Waals surface area contributed by atoms with Gasteiger partial charge in [0.25, 0.3) is 0 Å². The van der Waals surface area contributed by atoms with Crippen molar-refractivity contribution in [1.29, 1.82) is 0 Å². The number of hydrogen-bond donors (Lipinski definition) is 1. The van der Waals surface area contributed by atoms with Gasteiger partial charge >= 0.3 is 21.6 Å². The van der Waals surface area contributed by atoms with Gasteiger partial charge in [-0.25, -0.2) is 0 Å². The van der Waals surface area contributed by atoms with E-state index in [1.54, 1.807) is 6.92 Å². The normalized spacial score (nSPS) is 12.0. The fourth-order valence-electron chi connectivity index (χ4n) is 1.38. The van der Waals surface area contributed by atoms with E-state index in [1.807, 2.05) is 0 Å². The van der Waals surface area contributed by atoms with Gasteiger partial charge in [0.2, 0.25) is 0 Å². The van der Waals surface area contributed by atoms with E-state index in [4.69, 9.17) is 9.84 Å². The summed E-state index contributed by atoms with van der Waals surface area (Å²) in [7, 11) is -5.83. The number of halogens is 3. The Hall–Kier alpha value is -1.97. The molecule has 1 aromatic rings. The highest BCUT2D eigenvalue weighted by Gasteiger charge is 2.48. The molecule has 0 aliphatic heterocycles. The molecule has 0 unspecified atom stereocenters. The highest BCUT2D eigenvalue weighted by atomic mass is 32.2. The number of benzene rings is 1. The van der Waals surface area contributed by atoms with Crippen LogP contribution in [0.4, 0.5) is 13.2 Å². The molecule has 6 nitrogen and oxygen atoms in total. The van der Waals surface area contributed by atoms with Crippen LogP contribution >= 0.6 is 0 Å². The molecular weight excluding hydrogens is 317 g/mol. The predicted molar refractivity (Wildman–Crippen MR) is 64.6 cm³/mol. The molecule has 0 radical (unpaired) electrons. The SMILES string of the molecule is CCOc1cc(CC(=O)O)cc(OS(=O)(=O)C(F)(F)F)c1. The average Bonchev–Trinajstić information content (AvgIpc) is 2.25. The predicted octanol–water partition coefficient (Wildman–Crippen LogP) is 1.94. The van der Waals surface area contributed by atoms with E-state index in [0.717, 1.165) is 12.1 Å². The third-order valence-corrected chi connectivity index (χ3v) is 3.07. The van der Waals surface area contributed by atoms with Crippen LogP contribution in [0.1, 0.15) is 12.5 Å². The molecule has 0 saturated heterocycles. The van der Waals surface area contributed by atoms with Crippen LogP contribution in [0.2, 0.25) is 0 Å². The van der Waals surface area contributed by atoms with E-state index in [-0.39, 0.29) is 17.9 Å². The lowest BCUT2D eigenvalue weighted by Gasteiger charge is -2.12. The summed E-state index contributed by atoms with van der Waals surface area (Å²) < 4.78 is 67.5. The van der Waals surface area contributed by atoms with Gasteiger partial charge in [-0.05, 0) is 24.6 Å². The van der Waals surface area contributed by atoms with Crippen LogP contribution < -0.4 is 8.92 Å². The number of rotatable bonds is 6. The number of hydrogen-bond acceptors (Lipinski definition) is 5. The van der Waals surface area contributed by atoms with Crippen LogP contribution in [0.25, 0.3) is 0 Å². The lowest BCUT2D eigenvalue weighted by molar-refractivity contribution is -0.136. The van der Waals surface area contributed by atoms with Crippen molar-refractivity contribution < 1.29 is 40.4 Å². The summed E-state index contributed by atoms with van der Waals surface area (Å²) >= 11 is 0. The molecule has 0 spiro atoms. The summed E-state index contributed by atoms with van der Waals surface area (Å²) in [6.45, 7) is 1.75. The molecule has 0 aliphatic carbocycles. The lowest BCUT2D eigenvalue weighted by Crippen LogP contribution is -2.28. The number of aliphatic carboxylic acids is 1. The average molecular weight is 328 g/mol. The lowest BCUT2D eigenvalue weighted by atomic mass is 10.1. The highest BCUT2D eigenvalue weighted by molar-refractivity contribution is 7.88. The van der Waals surface area contributed by atoms with Gasteiger partial charge < -0.3 is 14.0 Å². The zero-order valence-electron chi connectivity index (χ0n) is 10.7. The molecule has 118 valence electrons. The number of carboxylic acid groups (broad SMARTS) is 1. The molecule has 0 amide bonds. The van der Waals surface area contributed by atoms with Crippen molar-refractivity contribution in [2.24, 2.45) is 0 Å². The first kappa shape index (κ1) is 17.1. The standard InChI is InChI=1S/C11H11F3O6S/c1-2-19-8-3-7(5-10(15)16)4-9(6-8)20-21(17,18)11(12,13)14/h3-4,6H,2,5H2,1H3,(H,15,16). The van der Waals surface area contributed by atoms with Gasteiger partial charge in [0.1, 0.15) is 11.5 Å². The summed E-state index contributed by atoms with van der Waals surface area (Å²) in [4.78, 5) is 10.6. The van der Waals surface area contributed by atoms with E-state index in [1.165, 1.54) is 6.07 Å². The van der Waals surface area contributed by atoms with E-state index in [0.29, 0.717) is 0 Å². The Balaban J connectivity index is 3.17. The molecular formula is C11H11F3O6S. The second-order valence-electron chi connectivity index (χ2n) is 3.80. The molecule has 0 aliphatic rings. The summed E-state index contributed by atoms with van der Waals surface area (Å²) in [5.41, 5.74) is -5.54. The zero-order valence-corrected chi connectivity index (χ0v) is 11.5. The van der Waals surface area contributed by atoms with Gasteiger partial charge in [-0.15, -0.1) is 0 Å². The van der Waals surface area contributed by atoms with Crippen molar-refractivity contribution in [2.45, 2.75) is 18.9 Å². The molecule has 21 heavy (non-hydrogen) atoms. The molecule has 1 rings (SSSR count). The number of ether oxygens (including phenoxy) is 1. The van der Waals surface area contributed by atoms with Gasteiger partial charge in [-0.2, -0.15) is 21.6 Å². The van der Waals surface area contributed by atoms with E-state index in [9.17, 15) is 26.4 Å². The molecule has 0 aromatic heterocycles. The van der Waals surface area contributed by atoms with Crippen LogP contribution in [0.3, 0.4) is 0 Å². The Labute approximate surface area is 118 Å². The molecule has 1 aromatic carbocycles. The van der Waals surface area contributed by atoms with Crippen LogP contribution in [-0.2, 0) is 21.3 Å². The Morgan fingerprint density at radius 1 is 1.24 bits per heavy atom. The summed E-state index contributed by atoms with van der Waals surface area (Å²) in [5, 5.41) is 8.66. The fraction of sp³-hybridized carbons (Fsp3) is 0.364. The Bertz CT molecular complexity index is 623. The van der Waals surface area contributed by atoms with Gasteiger partial charge in [0, 0.05) is 6.07 Å². The van der Waals surface area contributed by atoms with Crippen LogP contribution in [-0.4, -0.2) is 31.6 Å². The van der Waals surface area contributed by atoms with Crippen LogP contribution in [0.15, 0.2) is 18.2 Å². The first-order valence-corrected chi connectivity index (χ1v) is 6.95. The maximum atomic E-state index is 12.2. The van der Waals surface area contributed by atoms with Crippen molar-refractivity contribution >= 4 is 16.1 Å². The molecule has 0 atom stereocenters. The van der Waals surface area contributed by atoms with Crippen molar-refractivity contribution in [2.75, 3.05) is 6.61 Å². The first-order chi connectivity index (χ1) is 9.55. The minimum Gasteiger partial charge on any atom is -0.494 e. The van der Waals surface area contributed by atoms with Crippen molar-refractivity contribution in [3.8, 4) is 11.5 Å². The number of carbonyl (C=O) groups is 1. The van der Waals surface area contributed by atoms with Crippen LogP contribution in [0, 0.1) is 0 Å². The van der Waals surface area contributed by atoms with Gasteiger partial charge in [-0.3, -0.25) is 4.79 Å². The van der Waals surface area contributed by atoms with Crippen molar-refractivity contribution in [3.05, 3.63) is 23.8 Å². The van der Waals surface area contributed by atoms with Gasteiger partial charge in [-0.1, -0.05) is 0 Å². The second-order valence-corrected chi connectivity index (χ2v) is 5.34. The second kappa shape index (κ2) is 6.20. The summed E-state index contributed by atoms with van der Waals surface area (Å²) in [6.07, 6.45) is -0.524. The smallest absolute Gasteiger partial charge is 0.494 e. The molecule has 0 saturated carbocycles. The fourth-order valence-corrected chi connectivity index (χ4v) is 1.82. The third kappa shape index (κ3) is 4.81. The van der Waals surface area contributed by atoms with Crippen LogP contribution in [0.5, 0.6) is 11.5 Å². The molecule has 1 N–H and O–H groups in total. The van der Waals surface area contributed by atoms with Crippen molar-refractivity contribution in [3.63, 3.8) is 0 Å². The van der Waals surface area contributed by atoms with Crippen molar-refractivity contribution in [1.82, 2.24) is 0 Å². The van der Waals surface area contributed by atoms with E-state index >= 15 is 0 Å². The Kier molecular flexibility index (Phi) is 5.05. The minimum absolute atomic E-state index is 0.00336. The Morgan fingerprint density at radius 3 is 2.29 bits per heavy atom. The zero-order chi connectivity index (χ0) is 16.3. The molecule has 0 fully saturated rings.